The fourth-order valence-electron chi connectivity index (χ4n) is 2.33. The third-order valence-electron chi connectivity index (χ3n) is 3.47. The van der Waals surface area contributed by atoms with Gasteiger partial charge in [-0.15, -0.1) is 0 Å². The second-order valence-corrected chi connectivity index (χ2v) is 6.11. The predicted molar refractivity (Wildman–Crippen MR) is 93.6 cm³/mol. The zero-order chi connectivity index (χ0) is 16.8. The molecule has 0 saturated carbocycles. The van der Waals surface area contributed by atoms with Gasteiger partial charge in [0.2, 0.25) is 0 Å². The lowest BCUT2D eigenvalue weighted by molar-refractivity contribution is -0.114. The Labute approximate surface area is 143 Å². The molecule has 0 spiro atoms. The number of amides is 1. The molecule has 2 aliphatic heterocycles. The smallest absolute Gasteiger partial charge is 0.283 e. The molecule has 3 heterocycles. The molecule has 118 valence electrons. The normalized spacial score (nSPS) is 18.5. The minimum absolute atomic E-state index is 0.0351. The molecule has 24 heavy (non-hydrogen) atoms. The molecule has 0 aliphatic carbocycles. The van der Waals surface area contributed by atoms with Gasteiger partial charge >= 0.3 is 0 Å². The monoisotopic (exact) mass is 358 g/mol. The van der Waals surface area contributed by atoms with E-state index in [0.717, 1.165) is 11.8 Å². The van der Waals surface area contributed by atoms with Crippen LogP contribution in [0.1, 0.15) is 5.56 Å². The average Bonchev–Trinajstić information content (AvgIpc) is 3.02. The fourth-order valence-corrected chi connectivity index (χ4v) is 3.16. The maximum atomic E-state index is 12.6. The summed E-state index contributed by atoms with van der Waals surface area (Å²) < 4.78 is 5.41. The summed E-state index contributed by atoms with van der Waals surface area (Å²) in [6.07, 6.45) is 2.50. The number of carbonyl (C=O) groups is 1. The number of benzene rings is 1. The van der Waals surface area contributed by atoms with Crippen molar-refractivity contribution in [1.29, 1.82) is 5.41 Å². The van der Waals surface area contributed by atoms with Gasteiger partial charge in [-0.1, -0.05) is 17.7 Å². The fraction of sp³-hybridized carbons (Fsp3) is 0. The van der Waals surface area contributed by atoms with Crippen LogP contribution in [-0.4, -0.2) is 27.5 Å². The second-order valence-electron chi connectivity index (χ2n) is 4.89. The Morgan fingerprint density at radius 3 is 3.00 bits per heavy atom. The van der Waals surface area contributed by atoms with Crippen LogP contribution < -0.4 is 5.43 Å². The van der Waals surface area contributed by atoms with Crippen molar-refractivity contribution in [2.75, 3.05) is 0 Å². The number of hydrazone groups is 1. The largest absolute Gasteiger partial charge is 0.462 e. The van der Waals surface area contributed by atoms with Crippen molar-refractivity contribution in [3.63, 3.8) is 0 Å². The number of amidine groups is 2. The molecule has 0 atom stereocenters. The van der Waals surface area contributed by atoms with Crippen molar-refractivity contribution in [2.45, 2.75) is 0 Å². The highest BCUT2D eigenvalue weighted by Crippen LogP contribution is 2.25. The minimum Gasteiger partial charge on any atom is -0.462 e. The van der Waals surface area contributed by atoms with Gasteiger partial charge in [-0.25, -0.2) is 0 Å². The van der Waals surface area contributed by atoms with Crippen LogP contribution in [0, 0.1) is 5.41 Å². The van der Waals surface area contributed by atoms with Gasteiger partial charge in [0.25, 0.3) is 5.91 Å². The van der Waals surface area contributed by atoms with Gasteiger partial charge in [0.1, 0.15) is 6.26 Å². The van der Waals surface area contributed by atoms with Gasteiger partial charge in [-0.3, -0.25) is 15.0 Å². The lowest BCUT2D eigenvalue weighted by atomic mass is 10.1. The third-order valence-corrected chi connectivity index (χ3v) is 4.45. The van der Waals surface area contributed by atoms with Crippen molar-refractivity contribution in [3.05, 3.63) is 50.8 Å². The van der Waals surface area contributed by atoms with Gasteiger partial charge in [0.15, 0.2) is 22.0 Å². The topological polar surface area (TPSA) is 99.1 Å². The number of para-hydroxylation sites is 1. The van der Waals surface area contributed by atoms with E-state index in [9.17, 15) is 9.59 Å². The Kier molecular flexibility index (Phi) is 3.36. The van der Waals surface area contributed by atoms with E-state index in [0.29, 0.717) is 15.6 Å². The Morgan fingerprint density at radius 1 is 1.33 bits per heavy atom. The van der Waals surface area contributed by atoms with Crippen LogP contribution in [0.2, 0.25) is 5.02 Å². The molecular formula is C15H7ClN4O3S. The summed E-state index contributed by atoms with van der Waals surface area (Å²) in [5.41, 5.74) is 1.51. The molecule has 1 amide bonds. The number of nitrogens with zero attached hydrogens (tertiary/aromatic N) is 3. The maximum Gasteiger partial charge on any atom is 0.283 e. The van der Waals surface area contributed by atoms with Crippen LogP contribution in [0.25, 0.3) is 17.0 Å². The molecule has 1 aromatic heterocycles. The Morgan fingerprint density at radius 2 is 2.17 bits per heavy atom. The number of hydrogen-bond acceptors (Lipinski definition) is 6. The first-order valence-electron chi connectivity index (χ1n) is 6.69. The highest BCUT2D eigenvalue weighted by Gasteiger charge is 2.32. The summed E-state index contributed by atoms with van der Waals surface area (Å²) in [5, 5.41) is 14.2. The van der Waals surface area contributed by atoms with Crippen LogP contribution >= 0.6 is 23.4 Å². The number of thioether (sulfide) groups is 1. The van der Waals surface area contributed by atoms with E-state index < -0.39 is 5.91 Å². The van der Waals surface area contributed by atoms with Crippen molar-refractivity contribution >= 4 is 62.9 Å². The lowest BCUT2D eigenvalue weighted by Gasteiger charge is -2.20. The summed E-state index contributed by atoms with van der Waals surface area (Å²) in [6, 6.07) is 4.84. The van der Waals surface area contributed by atoms with Gasteiger partial charge in [-0.05, 0) is 30.0 Å². The molecule has 4 rings (SSSR count). The number of fused-ring (bicyclic) bond motifs is 2. The van der Waals surface area contributed by atoms with E-state index in [1.165, 1.54) is 22.9 Å². The van der Waals surface area contributed by atoms with Crippen LogP contribution in [0.15, 0.2) is 49.3 Å². The maximum absolute atomic E-state index is 12.6. The molecule has 0 bridgehead atoms. The summed E-state index contributed by atoms with van der Waals surface area (Å²) in [7, 11) is 0. The average molecular weight is 359 g/mol. The van der Waals surface area contributed by atoms with Crippen molar-refractivity contribution < 1.29 is 9.21 Å². The highest BCUT2D eigenvalue weighted by atomic mass is 35.5. The summed E-state index contributed by atoms with van der Waals surface area (Å²) >= 11 is 7.15. The van der Waals surface area contributed by atoms with E-state index in [4.69, 9.17) is 21.4 Å². The van der Waals surface area contributed by atoms with Crippen LogP contribution in [-0.2, 0) is 4.79 Å². The molecule has 2 aliphatic rings. The van der Waals surface area contributed by atoms with Gasteiger partial charge in [0, 0.05) is 0 Å². The minimum atomic E-state index is -0.602. The van der Waals surface area contributed by atoms with Crippen LogP contribution in [0.4, 0.5) is 0 Å². The molecule has 0 fully saturated rings. The van der Waals surface area contributed by atoms with Crippen molar-refractivity contribution in [3.8, 4) is 0 Å². The van der Waals surface area contributed by atoms with Crippen LogP contribution in [0.3, 0.4) is 0 Å². The van der Waals surface area contributed by atoms with Crippen LogP contribution in [0.5, 0.6) is 0 Å². The number of nitrogens with one attached hydrogen (secondary N) is 1. The number of rotatable bonds is 1. The quantitative estimate of drug-likeness (QED) is 0.790. The first kappa shape index (κ1) is 14.9. The first-order valence-corrected chi connectivity index (χ1v) is 7.95. The van der Waals surface area contributed by atoms with E-state index in [2.05, 4.69) is 10.1 Å². The van der Waals surface area contributed by atoms with E-state index in [1.54, 1.807) is 18.2 Å². The number of carbonyl (C=O) groups excluding carboxylic acids is 1. The Hall–Kier alpha value is -2.71. The SMILES string of the molecule is N=C1C(=Cc2coc3c(Cl)cccc3c2=O)C(=O)N=C2SC=NN12. The van der Waals surface area contributed by atoms with E-state index in [-0.39, 0.29) is 28.0 Å². The lowest BCUT2D eigenvalue weighted by Crippen LogP contribution is -2.35. The zero-order valence-corrected chi connectivity index (χ0v) is 13.4. The molecule has 2 aromatic rings. The zero-order valence-electron chi connectivity index (χ0n) is 11.8. The summed E-state index contributed by atoms with van der Waals surface area (Å²) in [4.78, 5) is 28.6. The molecule has 0 unspecified atom stereocenters. The third kappa shape index (κ3) is 2.19. The molecule has 1 aromatic carbocycles. The van der Waals surface area contributed by atoms with Gasteiger partial charge in [0.05, 0.1) is 27.1 Å². The second kappa shape index (κ2) is 5.43. The van der Waals surface area contributed by atoms with E-state index >= 15 is 0 Å². The Bertz CT molecular complexity index is 1070. The number of aliphatic imine (C=N–C) groups is 1. The predicted octanol–water partition coefficient (Wildman–Crippen LogP) is 2.70. The molecule has 9 heteroatoms. The van der Waals surface area contributed by atoms with Gasteiger partial charge < -0.3 is 4.42 Å². The highest BCUT2D eigenvalue weighted by molar-refractivity contribution is 8.25. The molecule has 0 radical (unpaired) electrons. The standard InChI is InChI=1S/C15H7ClN4O3S/c16-10-3-1-2-8-11(21)7(5-23-12(8)10)4-9-13(17)20-15(19-14(9)22)24-6-18-20/h1-6,17H. The number of halogens is 1. The van der Waals surface area contributed by atoms with Crippen molar-refractivity contribution in [1.82, 2.24) is 5.01 Å². The molecule has 0 saturated heterocycles. The van der Waals surface area contributed by atoms with Gasteiger partial charge in [-0.2, -0.15) is 15.1 Å². The van der Waals surface area contributed by atoms with Crippen molar-refractivity contribution in [2.24, 2.45) is 10.1 Å². The Balaban J connectivity index is 1.87. The molecule has 7 nitrogen and oxygen atoms in total. The molecule has 1 N–H and O–H groups in total. The molecular weight excluding hydrogens is 352 g/mol. The van der Waals surface area contributed by atoms with E-state index in [1.807, 2.05) is 0 Å². The first-order chi connectivity index (χ1) is 11.6. The summed E-state index contributed by atoms with van der Waals surface area (Å²) in [5.74, 6) is -0.744. The summed E-state index contributed by atoms with van der Waals surface area (Å²) in [6.45, 7) is 0. The number of hydrogen-bond donors (Lipinski definition) is 1.